The summed E-state index contributed by atoms with van der Waals surface area (Å²) in [5, 5.41) is 10.8. The highest BCUT2D eigenvalue weighted by Gasteiger charge is 2.20. The van der Waals surface area contributed by atoms with Crippen LogP contribution in [-0.4, -0.2) is 21.0 Å². The molecule has 130 valence electrons. The number of para-hydroxylation sites is 1. The van der Waals surface area contributed by atoms with Gasteiger partial charge >= 0.3 is 5.97 Å². The summed E-state index contributed by atoms with van der Waals surface area (Å²) in [6, 6.07) is 22.7. The van der Waals surface area contributed by atoms with Gasteiger partial charge in [-0.05, 0) is 35.9 Å². The van der Waals surface area contributed by atoms with Crippen LogP contribution in [-0.2, 0) is 0 Å². The van der Waals surface area contributed by atoms with Gasteiger partial charge in [-0.1, -0.05) is 54.6 Å². The number of aromatic carboxylic acids is 1. The quantitative estimate of drug-likeness (QED) is 0.551. The molecule has 2 heterocycles. The fourth-order valence-electron chi connectivity index (χ4n) is 3.11. The number of hydrogen-bond acceptors (Lipinski definition) is 3. The van der Waals surface area contributed by atoms with Crippen molar-refractivity contribution < 1.29 is 9.90 Å². The lowest BCUT2D eigenvalue weighted by molar-refractivity contribution is 0.0697. The normalized spacial score (nSPS) is 11.1. The summed E-state index contributed by atoms with van der Waals surface area (Å²) in [5.41, 5.74) is 3.61. The molecule has 4 heteroatoms. The first kappa shape index (κ1) is 16.7. The van der Waals surface area contributed by atoms with E-state index < -0.39 is 5.97 Å². The molecule has 0 amide bonds. The monoisotopic (exact) mass is 352 g/mol. The van der Waals surface area contributed by atoms with Crippen molar-refractivity contribution in [1.82, 2.24) is 9.97 Å². The molecule has 4 nitrogen and oxygen atoms in total. The average molecular weight is 352 g/mol. The van der Waals surface area contributed by atoms with Crippen LogP contribution in [0.25, 0.3) is 34.2 Å². The lowest BCUT2D eigenvalue weighted by atomic mass is 9.94. The van der Waals surface area contributed by atoms with E-state index in [-0.39, 0.29) is 5.56 Å². The van der Waals surface area contributed by atoms with E-state index in [1.165, 1.54) is 0 Å². The molecule has 0 fully saturated rings. The summed E-state index contributed by atoms with van der Waals surface area (Å²) >= 11 is 0. The molecular weight excluding hydrogens is 336 g/mol. The Kier molecular flexibility index (Phi) is 4.45. The second-order valence-corrected chi connectivity index (χ2v) is 6.02. The van der Waals surface area contributed by atoms with Gasteiger partial charge in [0.2, 0.25) is 0 Å². The lowest BCUT2D eigenvalue weighted by Crippen LogP contribution is -2.06. The van der Waals surface area contributed by atoms with Crippen molar-refractivity contribution in [2.24, 2.45) is 0 Å². The molecule has 1 N–H and O–H groups in total. The largest absolute Gasteiger partial charge is 0.478 e. The molecular formula is C23H16N2O2. The molecule has 0 atom stereocenters. The number of benzene rings is 2. The van der Waals surface area contributed by atoms with Gasteiger partial charge < -0.3 is 5.11 Å². The van der Waals surface area contributed by atoms with Gasteiger partial charge in [0, 0.05) is 17.1 Å². The van der Waals surface area contributed by atoms with E-state index in [2.05, 4.69) is 9.97 Å². The molecule has 0 saturated carbocycles. The van der Waals surface area contributed by atoms with E-state index in [1.807, 2.05) is 72.8 Å². The topological polar surface area (TPSA) is 63.1 Å². The Morgan fingerprint density at radius 2 is 1.59 bits per heavy atom. The molecule has 2 aromatic carbocycles. The molecule has 0 aliphatic heterocycles. The number of carboxylic acids is 1. The number of carbonyl (C=O) groups is 1. The van der Waals surface area contributed by atoms with Gasteiger partial charge in [0.1, 0.15) is 0 Å². The fourth-order valence-corrected chi connectivity index (χ4v) is 3.11. The highest BCUT2D eigenvalue weighted by Crippen LogP contribution is 2.33. The van der Waals surface area contributed by atoms with E-state index in [0.29, 0.717) is 11.3 Å². The molecule has 0 unspecified atom stereocenters. The molecule has 0 bridgehead atoms. The van der Waals surface area contributed by atoms with E-state index in [4.69, 9.17) is 0 Å². The second-order valence-electron chi connectivity index (χ2n) is 6.02. The van der Waals surface area contributed by atoms with Crippen molar-refractivity contribution >= 4 is 29.0 Å². The summed E-state index contributed by atoms with van der Waals surface area (Å²) in [6.45, 7) is 0. The van der Waals surface area contributed by atoms with Crippen LogP contribution >= 0.6 is 0 Å². The zero-order valence-corrected chi connectivity index (χ0v) is 14.4. The summed E-state index contributed by atoms with van der Waals surface area (Å²) in [6.07, 6.45) is 5.18. The third-order valence-electron chi connectivity index (χ3n) is 4.30. The maximum Gasteiger partial charge on any atom is 0.338 e. The Balaban J connectivity index is 2.00. The van der Waals surface area contributed by atoms with Crippen LogP contribution in [0.1, 0.15) is 21.7 Å². The zero-order valence-electron chi connectivity index (χ0n) is 14.4. The number of aromatic nitrogens is 2. The number of rotatable bonds is 4. The number of pyridine rings is 2. The van der Waals surface area contributed by atoms with Crippen molar-refractivity contribution in [3.8, 4) is 11.1 Å². The van der Waals surface area contributed by atoms with Crippen molar-refractivity contribution in [2.75, 3.05) is 0 Å². The van der Waals surface area contributed by atoms with E-state index in [9.17, 15) is 9.90 Å². The fraction of sp³-hybridized carbons (Fsp3) is 0. The van der Waals surface area contributed by atoms with Crippen molar-refractivity contribution in [3.63, 3.8) is 0 Å². The van der Waals surface area contributed by atoms with Crippen molar-refractivity contribution in [3.05, 3.63) is 95.9 Å². The van der Waals surface area contributed by atoms with Crippen LogP contribution in [0.4, 0.5) is 0 Å². The van der Waals surface area contributed by atoms with Gasteiger partial charge in [0.05, 0.1) is 22.5 Å². The Labute approximate surface area is 156 Å². The second kappa shape index (κ2) is 7.22. The Morgan fingerprint density at radius 1 is 0.852 bits per heavy atom. The molecule has 0 radical (unpaired) electrons. The van der Waals surface area contributed by atoms with Crippen molar-refractivity contribution in [1.29, 1.82) is 0 Å². The first-order valence-corrected chi connectivity index (χ1v) is 8.54. The SMILES string of the molecule is O=C(O)c1c(/C=C/c2ccccn2)nc2ccccc2c1-c1ccccc1. The van der Waals surface area contributed by atoms with Gasteiger partial charge in [-0.3, -0.25) is 4.98 Å². The predicted octanol–water partition coefficient (Wildman–Crippen LogP) is 5.17. The van der Waals surface area contributed by atoms with Crippen LogP contribution in [0.15, 0.2) is 79.0 Å². The molecule has 0 aliphatic rings. The number of nitrogens with zero attached hydrogens (tertiary/aromatic N) is 2. The Hall–Kier alpha value is -3.79. The summed E-state index contributed by atoms with van der Waals surface area (Å²) in [5.74, 6) is -1.01. The minimum Gasteiger partial charge on any atom is -0.478 e. The summed E-state index contributed by atoms with van der Waals surface area (Å²) in [4.78, 5) is 21.0. The number of fused-ring (bicyclic) bond motifs is 1. The summed E-state index contributed by atoms with van der Waals surface area (Å²) in [7, 11) is 0. The molecule has 0 aliphatic carbocycles. The predicted molar refractivity (Wildman–Crippen MR) is 107 cm³/mol. The lowest BCUT2D eigenvalue weighted by Gasteiger charge is -2.13. The molecule has 4 rings (SSSR count). The average Bonchev–Trinajstić information content (AvgIpc) is 2.72. The first-order chi connectivity index (χ1) is 13.2. The van der Waals surface area contributed by atoms with E-state index >= 15 is 0 Å². The maximum atomic E-state index is 12.2. The zero-order chi connectivity index (χ0) is 18.6. The molecule has 27 heavy (non-hydrogen) atoms. The van der Waals surface area contributed by atoms with Crippen LogP contribution in [0.5, 0.6) is 0 Å². The molecule has 4 aromatic rings. The third kappa shape index (κ3) is 3.33. The van der Waals surface area contributed by atoms with E-state index in [0.717, 1.165) is 22.2 Å². The maximum absolute atomic E-state index is 12.2. The first-order valence-electron chi connectivity index (χ1n) is 8.54. The smallest absolute Gasteiger partial charge is 0.338 e. The Morgan fingerprint density at radius 3 is 2.33 bits per heavy atom. The van der Waals surface area contributed by atoms with E-state index in [1.54, 1.807) is 18.3 Å². The highest BCUT2D eigenvalue weighted by atomic mass is 16.4. The van der Waals surface area contributed by atoms with Gasteiger partial charge in [-0.2, -0.15) is 0 Å². The van der Waals surface area contributed by atoms with Gasteiger partial charge in [0.25, 0.3) is 0 Å². The van der Waals surface area contributed by atoms with Crippen LogP contribution in [0.3, 0.4) is 0 Å². The van der Waals surface area contributed by atoms with Gasteiger partial charge in [-0.15, -0.1) is 0 Å². The minimum absolute atomic E-state index is 0.187. The highest BCUT2D eigenvalue weighted by molar-refractivity contribution is 6.09. The molecule has 0 saturated heterocycles. The standard InChI is InChI=1S/C23H16N2O2/c26-23(27)22-20(14-13-17-10-6-7-15-24-17)25-19-12-5-4-11-18(19)21(22)16-8-2-1-3-9-16/h1-15H,(H,26,27)/b14-13+. The van der Waals surface area contributed by atoms with Crippen molar-refractivity contribution in [2.45, 2.75) is 0 Å². The van der Waals surface area contributed by atoms with Gasteiger partial charge in [0.15, 0.2) is 0 Å². The minimum atomic E-state index is -1.01. The van der Waals surface area contributed by atoms with Crippen LogP contribution < -0.4 is 0 Å². The van der Waals surface area contributed by atoms with Crippen LogP contribution in [0, 0.1) is 0 Å². The third-order valence-corrected chi connectivity index (χ3v) is 4.30. The molecule has 2 aromatic heterocycles. The molecule has 0 spiro atoms. The van der Waals surface area contributed by atoms with Gasteiger partial charge in [-0.25, -0.2) is 9.78 Å². The summed E-state index contributed by atoms with van der Waals surface area (Å²) < 4.78 is 0. The Bertz CT molecular complexity index is 1140. The van der Waals surface area contributed by atoms with Crippen LogP contribution in [0.2, 0.25) is 0 Å². The number of hydrogen-bond donors (Lipinski definition) is 1. The number of carboxylic acid groups (broad SMARTS) is 1.